The zero-order valence-corrected chi connectivity index (χ0v) is 12.2. The monoisotopic (exact) mass is 300 g/mol. The van der Waals surface area contributed by atoms with Crippen molar-refractivity contribution in [3.63, 3.8) is 0 Å². The molecule has 1 aromatic carbocycles. The zero-order chi connectivity index (χ0) is 15.2. The molecule has 0 heterocycles. The molecule has 5 nitrogen and oxygen atoms in total. The summed E-state index contributed by atoms with van der Waals surface area (Å²) in [7, 11) is -0.831. The first-order valence-corrected chi connectivity index (χ1v) is 7.36. The van der Waals surface area contributed by atoms with Gasteiger partial charge in [0.1, 0.15) is 5.82 Å². The van der Waals surface area contributed by atoms with E-state index in [2.05, 4.69) is 16.6 Å². The second-order valence-corrected chi connectivity index (χ2v) is 6.16. The molecular weight excluding hydrogens is 283 g/mol. The molecule has 2 N–H and O–H groups in total. The molecule has 0 amide bonds. The molecule has 0 aliphatic carbocycles. The fraction of sp³-hybridized carbons (Fsp3) is 0.385. The maximum atomic E-state index is 13.6. The van der Waals surface area contributed by atoms with E-state index in [9.17, 15) is 12.8 Å². The lowest BCUT2D eigenvalue weighted by Crippen LogP contribution is -2.35. The Hall–Kier alpha value is -1.46. The summed E-state index contributed by atoms with van der Waals surface area (Å²) >= 11 is 0. The summed E-state index contributed by atoms with van der Waals surface area (Å²) in [5.41, 5.74) is 0.783. The second kappa shape index (κ2) is 7.36. The lowest BCUT2D eigenvalue weighted by atomic mass is 10.1. The minimum absolute atomic E-state index is 0.0380. The van der Waals surface area contributed by atoms with Crippen molar-refractivity contribution in [2.24, 2.45) is 0 Å². The number of hydrogen-bond acceptors (Lipinski definition) is 3. The molecule has 0 bridgehead atoms. The summed E-state index contributed by atoms with van der Waals surface area (Å²) in [4.78, 5) is 0. The second-order valence-electron chi connectivity index (χ2n) is 4.19. The molecule has 1 aromatic rings. The van der Waals surface area contributed by atoms with E-state index >= 15 is 0 Å². The number of nitrogens with one attached hydrogen (secondary N) is 1. The molecule has 20 heavy (non-hydrogen) atoms. The predicted octanol–water partition coefficient (Wildman–Crippen LogP) is 0.456. The summed E-state index contributed by atoms with van der Waals surface area (Å²) in [6.07, 6.45) is 0.333. The number of rotatable bonds is 5. The van der Waals surface area contributed by atoms with Gasteiger partial charge in [-0.1, -0.05) is 11.8 Å². The maximum Gasteiger partial charge on any atom is 0.279 e. The Labute approximate surface area is 118 Å². The quantitative estimate of drug-likeness (QED) is 0.776. The lowest BCUT2D eigenvalue weighted by Gasteiger charge is -2.12. The van der Waals surface area contributed by atoms with Crippen LogP contribution in [0.1, 0.15) is 17.5 Å². The minimum atomic E-state index is -3.60. The smallest absolute Gasteiger partial charge is 0.279 e. The molecule has 0 fully saturated rings. The third-order valence-electron chi connectivity index (χ3n) is 2.44. The van der Waals surface area contributed by atoms with Crippen molar-refractivity contribution >= 4 is 10.2 Å². The molecule has 0 aromatic heterocycles. The van der Waals surface area contributed by atoms with Crippen LogP contribution in [-0.2, 0) is 16.8 Å². The van der Waals surface area contributed by atoms with E-state index in [1.54, 1.807) is 0 Å². The Morgan fingerprint density at radius 1 is 1.40 bits per heavy atom. The first-order valence-electron chi connectivity index (χ1n) is 5.92. The van der Waals surface area contributed by atoms with Crippen LogP contribution in [0.2, 0.25) is 0 Å². The molecular formula is C13H17FN2O3S. The molecule has 0 radical (unpaired) electrons. The lowest BCUT2D eigenvalue weighted by molar-refractivity contribution is 0.305. The van der Waals surface area contributed by atoms with Crippen LogP contribution in [0.4, 0.5) is 4.39 Å². The Morgan fingerprint density at radius 3 is 2.70 bits per heavy atom. The molecule has 0 aliphatic heterocycles. The maximum absolute atomic E-state index is 13.6. The normalized spacial score (nSPS) is 11.2. The third kappa shape index (κ3) is 4.90. The van der Waals surface area contributed by atoms with Crippen LogP contribution in [0.5, 0.6) is 0 Å². The van der Waals surface area contributed by atoms with Gasteiger partial charge in [-0.15, -0.1) is 0 Å². The highest BCUT2D eigenvalue weighted by Gasteiger charge is 2.13. The van der Waals surface area contributed by atoms with Crippen LogP contribution in [-0.4, -0.2) is 38.5 Å². The molecule has 0 aliphatic rings. The predicted molar refractivity (Wildman–Crippen MR) is 74.4 cm³/mol. The van der Waals surface area contributed by atoms with E-state index < -0.39 is 16.0 Å². The van der Waals surface area contributed by atoms with Crippen LogP contribution in [0.3, 0.4) is 0 Å². The van der Waals surface area contributed by atoms with E-state index in [1.165, 1.54) is 32.3 Å². The number of aliphatic hydroxyl groups excluding tert-OH is 1. The van der Waals surface area contributed by atoms with E-state index in [4.69, 9.17) is 5.11 Å². The summed E-state index contributed by atoms with van der Waals surface area (Å²) in [5, 5.41) is 8.62. The Balaban J connectivity index is 2.86. The van der Waals surface area contributed by atoms with E-state index in [0.29, 0.717) is 12.0 Å². The summed E-state index contributed by atoms with van der Waals surface area (Å²) in [5.74, 6) is 4.99. The van der Waals surface area contributed by atoms with Gasteiger partial charge in [0.2, 0.25) is 0 Å². The van der Waals surface area contributed by atoms with Gasteiger partial charge < -0.3 is 5.11 Å². The number of halogens is 1. The van der Waals surface area contributed by atoms with Crippen molar-refractivity contribution in [1.29, 1.82) is 0 Å². The fourth-order valence-corrected chi connectivity index (χ4v) is 1.90. The topological polar surface area (TPSA) is 69.6 Å². The van der Waals surface area contributed by atoms with Crippen LogP contribution in [0.25, 0.3) is 0 Å². The molecule has 1 rings (SSSR count). The molecule has 0 atom stereocenters. The van der Waals surface area contributed by atoms with Crippen molar-refractivity contribution < 1.29 is 17.9 Å². The average molecular weight is 300 g/mol. The van der Waals surface area contributed by atoms with Crippen molar-refractivity contribution in [3.8, 4) is 11.8 Å². The highest BCUT2D eigenvalue weighted by atomic mass is 32.2. The van der Waals surface area contributed by atoms with Crippen molar-refractivity contribution in [2.45, 2.75) is 13.0 Å². The summed E-state index contributed by atoms with van der Waals surface area (Å²) in [6, 6.07) is 4.23. The molecule has 0 saturated heterocycles. The van der Waals surface area contributed by atoms with Crippen molar-refractivity contribution in [2.75, 3.05) is 20.7 Å². The number of hydrogen-bond donors (Lipinski definition) is 2. The molecule has 0 unspecified atom stereocenters. The van der Waals surface area contributed by atoms with Crippen LogP contribution in [0.15, 0.2) is 18.2 Å². The largest absolute Gasteiger partial charge is 0.395 e. The van der Waals surface area contributed by atoms with Gasteiger partial charge in [-0.25, -0.2) is 4.39 Å². The van der Waals surface area contributed by atoms with Crippen LogP contribution >= 0.6 is 0 Å². The van der Waals surface area contributed by atoms with Gasteiger partial charge in [-0.2, -0.15) is 17.4 Å². The third-order valence-corrected chi connectivity index (χ3v) is 3.91. The summed E-state index contributed by atoms with van der Waals surface area (Å²) in [6.45, 7) is -0.189. The van der Waals surface area contributed by atoms with Gasteiger partial charge in [-0.05, 0) is 18.2 Å². The van der Waals surface area contributed by atoms with Gasteiger partial charge in [-0.3, -0.25) is 0 Å². The summed E-state index contributed by atoms with van der Waals surface area (Å²) < 4.78 is 40.0. The molecule has 0 spiro atoms. The SMILES string of the molecule is CN(C)S(=O)(=O)NCc1cc(C#CCCO)ccc1F. The van der Waals surface area contributed by atoms with Crippen LogP contribution in [0, 0.1) is 17.7 Å². The zero-order valence-electron chi connectivity index (χ0n) is 11.4. The van der Waals surface area contributed by atoms with Crippen LogP contribution < -0.4 is 4.72 Å². The minimum Gasteiger partial charge on any atom is -0.395 e. The first-order chi connectivity index (χ1) is 9.36. The molecule has 0 saturated carbocycles. The number of nitrogens with zero attached hydrogens (tertiary/aromatic N) is 1. The van der Waals surface area contributed by atoms with E-state index in [1.807, 2.05) is 0 Å². The van der Waals surface area contributed by atoms with Gasteiger partial charge in [0.15, 0.2) is 0 Å². The Morgan fingerprint density at radius 2 is 2.10 bits per heavy atom. The van der Waals surface area contributed by atoms with Gasteiger partial charge in [0.25, 0.3) is 10.2 Å². The van der Waals surface area contributed by atoms with Crippen molar-refractivity contribution in [3.05, 3.63) is 35.1 Å². The van der Waals surface area contributed by atoms with E-state index in [-0.39, 0.29) is 18.7 Å². The first kappa shape index (κ1) is 16.6. The van der Waals surface area contributed by atoms with Gasteiger partial charge >= 0.3 is 0 Å². The van der Waals surface area contributed by atoms with Crippen molar-refractivity contribution in [1.82, 2.24) is 9.03 Å². The Bertz CT molecular complexity index is 618. The number of benzene rings is 1. The van der Waals surface area contributed by atoms with Gasteiger partial charge in [0.05, 0.1) is 6.61 Å². The standard InChI is InChI=1S/C13H17FN2O3S/c1-16(2)20(18,19)15-10-12-9-11(5-3-4-8-17)6-7-13(12)14/h6-7,9,15,17H,4,8,10H2,1-2H3. The molecule has 110 valence electrons. The van der Waals surface area contributed by atoms with E-state index in [0.717, 1.165) is 4.31 Å². The average Bonchev–Trinajstić information content (AvgIpc) is 2.39. The fourth-order valence-electron chi connectivity index (χ4n) is 1.31. The van der Waals surface area contributed by atoms with Gasteiger partial charge in [0, 0.05) is 38.2 Å². The number of aliphatic hydroxyl groups is 1. The molecule has 7 heteroatoms. The Kier molecular flexibility index (Phi) is 6.10. The highest BCUT2D eigenvalue weighted by molar-refractivity contribution is 7.87. The highest BCUT2D eigenvalue weighted by Crippen LogP contribution is 2.10.